The van der Waals surface area contributed by atoms with Crippen LogP contribution in [0.1, 0.15) is 33.6 Å². The molecule has 1 N–H and O–H groups in total. The lowest BCUT2D eigenvalue weighted by atomic mass is 10.1. The van der Waals surface area contributed by atoms with Crippen molar-refractivity contribution in [3.05, 3.63) is 11.6 Å². The molecule has 2 heteroatoms. The number of amides is 1. The number of rotatable bonds is 3. The summed E-state index contributed by atoms with van der Waals surface area (Å²) in [5, 5.41) is 2.99. The van der Waals surface area contributed by atoms with Crippen LogP contribution in [0.15, 0.2) is 11.6 Å². The maximum absolute atomic E-state index is 11.3. The molecule has 1 fully saturated rings. The Bertz CT molecular complexity index is 204. The quantitative estimate of drug-likeness (QED) is 0.639. The zero-order valence-corrected chi connectivity index (χ0v) is 8.05. The van der Waals surface area contributed by atoms with E-state index >= 15 is 0 Å². The molecular formula is C10H17NO. The molecule has 0 spiro atoms. The average Bonchev–Trinajstić information content (AvgIpc) is 2.84. The van der Waals surface area contributed by atoms with Crippen LogP contribution in [-0.2, 0) is 4.79 Å². The summed E-state index contributed by atoms with van der Waals surface area (Å²) < 4.78 is 0. The van der Waals surface area contributed by atoms with E-state index in [9.17, 15) is 4.79 Å². The third-order valence-corrected chi connectivity index (χ3v) is 2.45. The van der Waals surface area contributed by atoms with E-state index < -0.39 is 0 Å². The van der Waals surface area contributed by atoms with Gasteiger partial charge in [-0.2, -0.15) is 0 Å². The summed E-state index contributed by atoms with van der Waals surface area (Å²) in [7, 11) is 0. The fraction of sp³-hybridized carbons (Fsp3) is 0.700. The summed E-state index contributed by atoms with van der Waals surface area (Å²) in [6.07, 6.45) is 4.19. The maximum Gasteiger partial charge on any atom is 0.223 e. The Kier molecular flexibility index (Phi) is 2.90. The SMILES string of the molecule is CC=C(C)C(C)NC(=O)C1CC1. The highest BCUT2D eigenvalue weighted by atomic mass is 16.2. The van der Waals surface area contributed by atoms with Crippen molar-refractivity contribution in [2.45, 2.75) is 39.7 Å². The molecule has 1 atom stereocenters. The molecule has 1 aliphatic carbocycles. The minimum Gasteiger partial charge on any atom is -0.350 e. The number of nitrogens with one attached hydrogen (secondary N) is 1. The molecule has 0 heterocycles. The normalized spacial score (nSPS) is 20.4. The van der Waals surface area contributed by atoms with Gasteiger partial charge >= 0.3 is 0 Å². The Balaban J connectivity index is 2.34. The smallest absolute Gasteiger partial charge is 0.223 e. The first-order valence-electron chi connectivity index (χ1n) is 4.58. The van der Waals surface area contributed by atoms with E-state index in [0.29, 0.717) is 5.92 Å². The van der Waals surface area contributed by atoms with Gasteiger partial charge in [-0.1, -0.05) is 11.6 Å². The average molecular weight is 167 g/mol. The third kappa shape index (κ3) is 2.36. The monoisotopic (exact) mass is 167 g/mol. The minimum absolute atomic E-state index is 0.197. The van der Waals surface area contributed by atoms with E-state index in [1.807, 2.05) is 26.8 Å². The van der Waals surface area contributed by atoms with Crippen LogP contribution in [0.2, 0.25) is 0 Å². The van der Waals surface area contributed by atoms with Gasteiger partial charge in [-0.3, -0.25) is 4.79 Å². The van der Waals surface area contributed by atoms with Gasteiger partial charge in [0.15, 0.2) is 0 Å². The summed E-state index contributed by atoms with van der Waals surface area (Å²) in [5.41, 5.74) is 1.23. The van der Waals surface area contributed by atoms with Crippen LogP contribution in [0.4, 0.5) is 0 Å². The topological polar surface area (TPSA) is 29.1 Å². The van der Waals surface area contributed by atoms with Crippen molar-refractivity contribution in [2.75, 3.05) is 0 Å². The van der Waals surface area contributed by atoms with Crippen molar-refractivity contribution in [3.63, 3.8) is 0 Å². The number of hydrogen-bond acceptors (Lipinski definition) is 1. The Morgan fingerprint density at radius 1 is 1.58 bits per heavy atom. The number of allylic oxidation sites excluding steroid dienone is 1. The second-order valence-corrected chi connectivity index (χ2v) is 3.54. The van der Waals surface area contributed by atoms with Gasteiger partial charge in [0.1, 0.15) is 0 Å². The molecule has 12 heavy (non-hydrogen) atoms. The van der Waals surface area contributed by atoms with Gasteiger partial charge in [-0.05, 0) is 33.6 Å². The van der Waals surface area contributed by atoms with E-state index in [2.05, 4.69) is 5.32 Å². The van der Waals surface area contributed by atoms with Gasteiger partial charge < -0.3 is 5.32 Å². The van der Waals surface area contributed by atoms with Crippen LogP contribution in [0.25, 0.3) is 0 Å². The van der Waals surface area contributed by atoms with Gasteiger partial charge in [0.25, 0.3) is 0 Å². The van der Waals surface area contributed by atoms with Crippen molar-refractivity contribution in [1.82, 2.24) is 5.32 Å². The lowest BCUT2D eigenvalue weighted by molar-refractivity contribution is -0.122. The summed E-state index contributed by atoms with van der Waals surface area (Å²) >= 11 is 0. The highest BCUT2D eigenvalue weighted by molar-refractivity contribution is 5.81. The fourth-order valence-corrected chi connectivity index (χ4v) is 1.04. The van der Waals surface area contributed by atoms with Crippen molar-refractivity contribution in [3.8, 4) is 0 Å². The van der Waals surface area contributed by atoms with Crippen LogP contribution in [0.3, 0.4) is 0 Å². The van der Waals surface area contributed by atoms with Crippen molar-refractivity contribution < 1.29 is 4.79 Å². The van der Waals surface area contributed by atoms with Gasteiger partial charge in [0, 0.05) is 12.0 Å². The molecule has 1 rings (SSSR count). The lowest BCUT2D eigenvalue weighted by Crippen LogP contribution is -2.34. The first kappa shape index (κ1) is 9.30. The van der Waals surface area contributed by atoms with Crippen LogP contribution >= 0.6 is 0 Å². The Morgan fingerprint density at radius 3 is 2.58 bits per heavy atom. The number of carbonyl (C=O) groups excluding carboxylic acids is 1. The Hall–Kier alpha value is -0.790. The molecule has 0 aromatic heterocycles. The Labute approximate surface area is 74.0 Å². The fourth-order valence-electron chi connectivity index (χ4n) is 1.04. The molecule has 0 saturated heterocycles. The van der Waals surface area contributed by atoms with Gasteiger partial charge in [-0.25, -0.2) is 0 Å². The largest absolute Gasteiger partial charge is 0.350 e. The maximum atomic E-state index is 11.3. The highest BCUT2D eigenvalue weighted by Crippen LogP contribution is 2.29. The molecule has 2 nitrogen and oxygen atoms in total. The van der Waals surface area contributed by atoms with E-state index in [4.69, 9.17) is 0 Å². The van der Waals surface area contributed by atoms with Crippen molar-refractivity contribution in [1.29, 1.82) is 0 Å². The summed E-state index contributed by atoms with van der Waals surface area (Å²) in [5.74, 6) is 0.542. The molecule has 0 bridgehead atoms. The van der Waals surface area contributed by atoms with Crippen LogP contribution in [-0.4, -0.2) is 11.9 Å². The number of hydrogen-bond donors (Lipinski definition) is 1. The van der Waals surface area contributed by atoms with Crippen LogP contribution in [0, 0.1) is 5.92 Å². The molecule has 0 aromatic rings. The molecule has 68 valence electrons. The van der Waals surface area contributed by atoms with Crippen LogP contribution < -0.4 is 5.32 Å². The van der Waals surface area contributed by atoms with Crippen molar-refractivity contribution >= 4 is 5.91 Å². The lowest BCUT2D eigenvalue weighted by Gasteiger charge is -2.13. The second kappa shape index (κ2) is 3.74. The molecule has 1 saturated carbocycles. The zero-order chi connectivity index (χ0) is 9.14. The molecule has 0 radical (unpaired) electrons. The van der Waals surface area contributed by atoms with E-state index in [1.165, 1.54) is 5.57 Å². The molecule has 1 amide bonds. The van der Waals surface area contributed by atoms with Gasteiger partial charge in [0.05, 0.1) is 0 Å². The highest BCUT2D eigenvalue weighted by Gasteiger charge is 2.30. The first-order chi connectivity index (χ1) is 5.65. The zero-order valence-electron chi connectivity index (χ0n) is 8.05. The molecule has 1 aliphatic rings. The van der Waals surface area contributed by atoms with E-state index in [-0.39, 0.29) is 11.9 Å². The van der Waals surface area contributed by atoms with E-state index in [0.717, 1.165) is 12.8 Å². The predicted octanol–water partition coefficient (Wildman–Crippen LogP) is 1.87. The summed E-state index contributed by atoms with van der Waals surface area (Å²) in [6, 6.07) is 0.197. The molecule has 0 aromatic carbocycles. The molecular weight excluding hydrogens is 150 g/mol. The van der Waals surface area contributed by atoms with Gasteiger partial charge in [0.2, 0.25) is 5.91 Å². The number of carbonyl (C=O) groups is 1. The minimum atomic E-state index is 0.197. The van der Waals surface area contributed by atoms with Crippen LogP contribution in [0.5, 0.6) is 0 Å². The summed E-state index contributed by atoms with van der Waals surface area (Å²) in [4.78, 5) is 11.3. The standard InChI is InChI=1S/C10H17NO/c1-4-7(2)8(3)11-10(12)9-5-6-9/h4,8-9H,5-6H2,1-3H3,(H,11,12). The predicted molar refractivity (Wildman–Crippen MR) is 49.8 cm³/mol. The third-order valence-electron chi connectivity index (χ3n) is 2.45. The molecule has 0 aliphatic heterocycles. The van der Waals surface area contributed by atoms with Gasteiger partial charge in [-0.15, -0.1) is 0 Å². The van der Waals surface area contributed by atoms with E-state index in [1.54, 1.807) is 0 Å². The second-order valence-electron chi connectivity index (χ2n) is 3.54. The summed E-state index contributed by atoms with van der Waals surface area (Å²) in [6.45, 7) is 6.06. The Morgan fingerprint density at radius 2 is 2.17 bits per heavy atom. The van der Waals surface area contributed by atoms with Crippen molar-refractivity contribution in [2.24, 2.45) is 5.92 Å². The first-order valence-corrected chi connectivity index (χ1v) is 4.58. The molecule has 1 unspecified atom stereocenters.